The summed E-state index contributed by atoms with van der Waals surface area (Å²) in [6.07, 6.45) is 1.87. The van der Waals surface area contributed by atoms with Crippen molar-refractivity contribution in [1.29, 1.82) is 0 Å². The number of esters is 1. The Labute approximate surface area is 139 Å². The van der Waals surface area contributed by atoms with Gasteiger partial charge in [0.15, 0.2) is 5.65 Å². The lowest BCUT2D eigenvalue weighted by atomic mass is 10.1. The van der Waals surface area contributed by atoms with Crippen LogP contribution in [0.2, 0.25) is 0 Å². The second-order valence-electron chi connectivity index (χ2n) is 5.03. The SMILES string of the molecule is COC(=O)Cc1ccc(Oc2ccnc3nc(OC)ccc23)cc1. The number of rotatable bonds is 5. The Morgan fingerprint density at radius 2 is 1.83 bits per heavy atom. The van der Waals surface area contributed by atoms with Gasteiger partial charge >= 0.3 is 5.97 Å². The van der Waals surface area contributed by atoms with Crippen molar-refractivity contribution >= 4 is 17.0 Å². The zero-order valence-electron chi connectivity index (χ0n) is 13.4. The molecular weight excluding hydrogens is 308 g/mol. The van der Waals surface area contributed by atoms with Gasteiger partial charge in [-0.05, 0) is 29.8 Å². The van der Waals surface area contributed by atoms with Crippen LogP contribution in [0.4, 0.5) is 0 Å². The van der Waals surface area contributed by atoms with Crippen molar-refractivity contribution in [1.82, 2.24) is 9.97 Å². The van der Waals surface area contributed by atoms with Crippen molar-refractivity contribution < 1.29 is 19.0 Å². The second kappa shape index (κ2) is 6.95. The minimum absolute atomic E-state index is 0.235. The number of methoxy groups -OCH3 is 2. The van der Waals surface area contributed by atoms with Crippen LogP contribution in [-0.4, -0.2) is 30.2 Å². The Morgan fingerprint density at radius 3 is 2.54 bits per heavy atom. The van der Waals surface area contributed by atoms with Crippen LogP contribution in [-0.2, 0) is 16.0 Å². The molecule has 0 radical (unpaired) electrons. The highest BCUT2D eigenvalue weighted by molar-refractivity contribution is 5.82. The Hall–Kier alpha value is -3.15. The van der Waals surface area contributed by atoms with E-state index in [1.54, 1.807) is 25.4 Å². The third-order valence-electron chi connectivity index (χ3n) is 3.47. The number of carbonyl (C=O) groups excluding carboxylic acids is 1. The molecule has 0 saturated heterocycles. The molecule has 3 aromatic rings. The van der Waals surface area contributed by atoms with Crippen LogP contribution in [0.15, 0.2) is 48.7 Å². The fourth-order valence-electron chi connectivity index (χ4n) is 2.23. The molecule has 0 unspecified atom stereocenters. The van der Waals surface area contributed by atoms with E-state index in [-0.39, 0.29) is 12.4 Å². The molecule has 0 aliphatic rings. The van der Waals surface area contributed by atoms with Crippen LogP contribution < -0.4 is 9.47 Å². The summed E-state index contributed by atoms with van der Waals surface area (Å²) in [5, 5.41) is 0.789. The third-order valence-corrected chi connectivity index (χ3v) is 3.47. The molecule has 6 heteroatoms. The van der Waals surface area contributed by atoms with Crippen LogP contribution in [0.25, 0.3) is 11.0 Å². The second-order valence-corrected chi connectivity index (χ2v) is 5.03. The van der Waals surface area contributed by atoms with Gasteiger partial charge in [0.1, 0.15) is 11.5 Å². The fourth-order valence-corrected chi connectivity index (χ4v) is 2.23. The molecule has 0 fully saturated rings. The van der Waals surface area contributed by atoms with E-state index < -0.39 is 0 Å². The van der Waals surface area contributed by atoms with Crippen LogP contribution in [0.5, 0.6) is 17.4 Å². The molecule has 2 aromatic heterocycles. The molecule has 1 aromatic carbocycles. The number of nitrogens with zero attached hydrogens (tertiary/aromatic N) is 2. The van der Waals surface area contributed by atoms with Gasteiger partial charge in [0.05, 0.1) is 26.0 Å². The molecule has 122 valence electrons. The zero-order valence-corrected chi connectivity index (χ0v) is 13.4. The Balaban J connectivity index is 1.83. The van der Waals surface area contributed by atoms with Crippen molar-refractivity contribution in [2.45, 2.75) is 6.42 Å². The number of hydrogen-bond acceptors (Lipinski definition) is 6. The maximum Gasteiger partial charge on any atom is 0.309 e. The predicted molar refractivity (Wildman–Crippen MR) is 88.3 cm³/mol. The van der Waals surface area contributed by atoms with Gasteiger partial charge in [-0.15, -0.1) is 0 Å². The largest absolute Gasteiger partial charge is 0.481 e. The van der Waals surface area contributed by atoms with Gasteiger partial charge in [0.2, 0.25) is 5.88 Å². The monoisotopic (exact) mass is 324 g/mol. The van der Waals surface area contributed by atoms with Gasteiger partial charge in [-0.25, -0.2) is 4.98 Å². The first kappa shape index (κ1) is 15.7. The lowest BCUT2D eigenvalue weighted by Gasteiger charge is -2.09. The van der Waals surface area contributed by atoms with Crippen molar-refractivity contribution in [2.24, 2.45) is 0 Å². The van der Waals surface area contributed by atoms with E-state index in [0.29, 0.717) is 23.0 Å². The molecule has 0 saturated carbocycles. The molecule has 0 aliphatic carbocycles. The molecule has 0 N–H and O–H groups in total. The number of hydrogen-bond donors (Lipinski definition) is 0. The lowest BCUT2D eigenvalue weighted by Crippen LogP contribution is -2.04. The number of aromatic nitrogens is 2. The molecule has 0 spiro atoms. The van der Waals surface area contributed by atoms with Gasteiger partial charge in [-0.1, -0.05) is 12.1 Å². The normalized spacial score (nSPS) is 10.4. The van der Waals surface area contributed by atoms with Crippen molar-refractivity contribution in [3.63, 3.8) is 0 Å². The van der Waals surface area contributed by atoms with Crippen LogP contribution >= 0.6 is 0 Å². The lowest BCUT2D eigenvalue weighted by molar-refractivity contribution is -0.139. The average molecular weight is 324 g/mol. The molecule has 2 heterocycles. The summed E-state index contributed by atoms with van der Waals surface area (Å²) in [5.41, 5.74) is 1.41. The third kappa shape index (κ3) is 3.43. The van der Waals surface area contributed by atoms with E-state index in [9.17, 15) is 4.79 Å². The first-order chi connectivity index (χ1) is 11.7. The summed E-state index contributed by atoms with van der Waals surface area (Å²) in [5.74, 6) is 1.53. The standard InChI is InChI=1S/C18H16N2O4/c1-22-16-8-7-14-15(9-10-19-18(14)20-16)24-13-5-3-12(4-6-13)11-17(21)23-2/h3-10H,11H2,1-2H3. The van der Waals surface area contributed by atoms with Gasteiger partial charge < -0.3 is 14.2 Å². The van der Waals surface area contributed by atoms with E-state index in [1.165, 1.54) is 7.11 Å². The van der Waals surface area contributed by atoms with Crippen LogP contribution in [0, 0.1) is 0 Å². The quantitative estimate of drug-likeness (QED) is 0.672. The maximum absolute atomic E-state index is 11.3. The van der Waals surface area contributed by atoms with Gasteiger partial charge in [-0.2, -0.15) is 4.98 Å². The van der Waals surface area contributed by atoms with Crippen LogP contribution in [0.1, 0.15) is 5.56 Å². The van der Waals surface area contributed by atoms with E-state index in [0.717, 1.165) is 10.9 Å². The molecular formula is C18H16N2O4. The molecule has 0 amide bonds. The topological polar surface area (TPSA) is 70.5 Å². The zero-order chi connectivity index (χ0) is 16.9. The van der Waals surface area contributed by atoms with Gasteiger partial charge in [0, 0.05) is 12.3 Å². The van der Waals surface area contributed by atoms with E-state index in [4.69, 9.17) is 9.47 Å². The molecule has 0 bridgehead atoms. The van der Waals surface area contributed by atoms with Crippen molar-refractivity contribution in [3.05, 3.63) is 54.2 Å². The molecule has 0 aliphatic heterocycles. The van der Waals surface area contributed by atoms with Crippen molar-refractivity contribution in [2.75, 3.05) is 14.2 Å². The highest BCUT2D eigenvalue weighted by Gasteiger charge is 2.08. The number of carbonyl (C=O) groups is 1. The van der Waals surface area contributed by atoms with E-state index >= 15 is 0 Å². The predicted octanol–water partition coefficient (Wildman–Crippen LogP) is 3.15. The number of fused-ring (bicyclic) bond motifs is 1. The summed E-state index contributed by atoms with van der Waals surface area (Å²) in [6.45, 7) is 0. The molecule has 24 heavy (non-hydrogen) atoms. The van der Waals surface area contributed by atoms with Gasteiger partial charge in [-0.3, -0.25) is 4.79 Å². The summed E-state index contributed by atoms with van der Waals surface area (Å²) < 4.78 is 15.7. The number of ether oxygens (including phenoxy) is 3. The average Bonchev–Trinajstić information content (AvgIpc) is 2.63. The Bertz CT molecular complexity index is 863. The first-order valence-electron chi connectivity index (χ1n) is 7.33. The summed E-state index contributed by atoms with van der Waals surface area (Å²) in [7, 11) is 2.93. The summed E-state index contributed by atoms with van der Waals surface area (Å²) >= 11 is 0. The minimum Gasteiger partial charge on any atom is -0.481 e. The van der Waals surface area contributed by atoms with Crippen LogP contribution in [0.3, 0.4) is 0 Å². The number of benzene rings is 1. The molecule has 0 atom stereocenters. The maximum atomic E-state index is 11.3. The number of pyridine rings is 2. The minimum atomic E-state index is -0.274. The Morgan fingerprint density at radius 1 is 1.04 bits per heavy atom. The van der Waals surface area contributed by atoms with E-state index in [1.807, 2.05) is 30.3 Å². The smallest absolute Gasteiger partial charge is 0.309 e. The van der Waals surface area contributed by atoms with Gasteiger partial charge in [0.25, 0.3) is 0 Å². The molecule has 3 rings (SSSR count). The highest BCUT2D eigenvalue weighted by Crippen LogP contribution is 2.29. The highest BCUT2D eigenvalue weighted by atomic mass is 16.5. The summed E-state index contributed by atoms with van der Waals surface area (Å²) in [6, 6.07) is 12.7. The molecule has 6 nitrogen and oxygen atoms in total. The summed E-state index contributed by atoms with van der Waals surface area (Å²) in [4.78, 5) is 19.8. The Kier molecular flexibility index (Phi) is 4.56. The first-order valence-corrected chi connectivity index (χ1v) is 7.33. The van der Waals surface area contributed by atoms with E-state index in [2.05, 4.69) is 14.7 Å². The fraction of sp³-hybridized carbons (Fsp3) is 0.167. The van der Waals surface area contributed by atoms with Crippen molar-refractivity contribution in [3.8, 4) is 17.4 Å².